The molecule has 0 atom stereocenters. The number of nitrogens with zero attached hydrogens (tertiary/aromatic N) is 2. The standard InChI is InChI=1S/C18H29N3OS.ClH/c1-19-8-2-15-3-9-20(10-4-15)11-6-18(22)21-12-5-17-16(14-21)7-13-23-17;/h7,13,15,19H,2-6,8-12,14H2,1H3;1H. The Hall–Kier alpha value is -0.620. The van der Waals surface area contributed by atoms with Crippen LogP contribution in [0.2, 0.25) is 0 Å². The lowest BCUT2D eigenvalue weighted by atomic mass is 9.93. The van der Waals surface area contributed by atoms with E-state index in [-0.39, 0.29) is 12.4 Å². The number of carbonyl (C=O) groups excluding carboxylic acids is 1. The summed E-state index contributed by atoms with van der Waals surface area (Å²) < 4.78 is 0. The zero-order valence-electron chi connectivity index (χ0n) is 14.6. The van der Waals surface area contributed by atoms with Crippen LogP contribution in [0.1, 0.15) is 36.1 Å². The molecule has 0 bridgehead atoms. The Kier molecular flexibility index (Phi) is 8.01. The minimum Gasteiger partial charge on any atom is -0.338 e. The van der Waals surface area contributed by atoms with Crippen molar-refractivity contribution in [3.05, 3.63) is 21.9 Å². The van der Waals surface area contributed by atoms with Gasteiger partial charge in [0.1, 0.15) is 0 Å². The van der Waals surface area contributed by atoms with Gasteiger partial charge in [-0.1, -0.05) is 0 Å². The van der Waals surface area contributed by atoms with Gasteiger partial charge in [-0.3, -0.25) is 4.79 Å². The van der Waals surface area contributed by atoms with Crippen LogP contribution in [0.5, 0.6) is 0 Å². The third-order valence-electron chi connectivity index (χ3n) is 5.31. The monoisotopic (exact) mass is 371 g/mol. The molecule has 4 nitrogen and oxygen atoms in total. The smallest absolute Gasteiger partial charge is 0.224 e. The second-order valence-corrected chi connectivity index (χ2v) is 7.86. The summed E-state index contributed by atoms with van der Waals surface area (Å²) in [6.45, 7) is 6.11. The fraction of sp³-hybridized carbons (Fsp3) is 0.722. The molecule has 3 rings (SSSR count). The molecule has 1 saturated heterocycles. The highest BCUT2D eigenvalue weighted by Gasteiger charge is 2.23. The van der Waals surface area contributed by atoms with Crippen LogP contribution in [-0.4, -0.2) is 55.5 Å². The molecule has 0 aromatic carbocycles. The second kappa shape index (κ2) is 9.76. The minimum absolute atomic E-state index is 0. The van der Waals surface area contributed by atoms with Crippen molar-refractivity contribution >= 4 is 29.7 Å². The molecule has 3 heterocycles. The van der Waals surface area contributed by atoms with E-state index in [4.69, 9.17) is 0 Å². The molecular weight excluding hydrogens is 342 g/mol. The molecule has 6 heteroatoms. The van der Waals surface area contributed by atoms with E-state index in [1.165, 1.54) is 29.7 Å². The fourth-order valence-electron chi connectivity index (χ4n) is 3.72. The molecule has 1 aromatic rings. The van der Waals surface area contributed by atoms with Crippen molar-refractivity contribution in [2.75, 3.05) is 39.8 Å². The topological polar surface area (TPSA) is 35.6 Å². The normalized spacial score (nSPS) is 19.0. The molecule has 0 saturated carbocycles. The van der Waals surface area contributed by atoms with Crippen LogP contribution in [0, 0.1) is 5.92 Å². The Morgan fingerprint density at radius 2 is 2.12 bits per heavy atom. The van der Waals surface area contributed by atoms with E-state index in [0.29, 0.717) is 12.3 Å². The molecule has 0 unspecified atom stereocenters. The van der Waals surface area contributed by atoms with E-state index in [1.807, 2.05) is 18.4 Å². The summed E-state index contributed by atoms with van der Waals surface area (Å²) in [5.41, 5.74) is 1.36. The Morgan fingerprint density at radius 3 is 2.88 bits per heavy atom. The third-order valence-corrected chi connectivity index (χ3v) is 6.34. The molecule has 136 valence electrons. The van der Waals surface area contributed by atoms with E-state index < -0.39 is 0 Å². The summed E-state index contributed by atoms with van der Waals surface area (Å²) in [6, 6.07) is 2.18. The summed E-state index contributed by atoms with van der Waals surface area (Å²) in [4.78, 5) is 18.5. The van der Waals surface area contributed by atoms with Crippen LogP contribution in [-0.2, 0) is 17.8 Å². The number of hydrogen-bond donors (Lipinski definition) is 1. The van der Waals surface area contributed by atoms with E-state index in [9.17, 15) is 4.79 Å². The average Bonchev–Trinajstić information content (AvgIpc) is 3.06. The lowest BCUT2D eigenvalue weighted by Gasteiger charge is -2.33. The highest BCUT2D eigenvalue weighted by molar-refractivity contribution is 7.10. The minimum atomic E-state index is 0. The Morgan fingerprint density at radius 1 is 1.33 bits per heavy atom. The van der Waals surface area contributed by atoms with E-state index in [0.717, 1.165) is 51.6 Å². The van der Waals surface area contributed by atoms with Gasteiger partial charge in [0.25, 0.3) is 0 Å². The number of halogens is 1. The molecule has 24 heavy (non-hydrogen) atoms. The maximum absolute atomic E-state index is 12.5. The summed E-state index contributed by atoms with van der Waals surface area (Å²) in [7, 11) is 2.03. The number of fused-ring (bicyclic) bond motifs is 1. The van der Waals surface area contributed by atoms with Crippen molar-refractivity contribution in [2.45, 2.75) is 38.6 Å². The summed E-state index contributed by atoms with van der Waals surface area (Å²) >= 11 is 1.83. The van der Waals surface area contributed by atoms with Crippen LogP contribution < -0.4 is 5.32 Å². The first-order valence-corrected chi connectivity index (χ1v) is 9.84. The fourth-order valence-corrected chi connectivity index (χ4v) is 4.61. The van der Waals surface area contributed by atoms with Gasteiger partial charge in [0.15, 0.2) is 0 Å². The SMILES string of the molecule is CNCCC1CCN(CCC(=O)N2CCc3sccc3C2)CC1.Cl. The first-order chi connectivity index (χ1) is 11.3. The molecule has 0 spiro atoms. The zero-order valence-corrected chi connectivity index (χ0v) is 16.3. The molecule has 1 aromatic heterocycles. The Balaban J connectivity index is 0.00000208. The van der Waals surface area contributed by atoms with Crippen LogP contribution >= 0.6 is 23.7 Å². The molecular formula is C18H30ClN3OS. The van der Waals surface area contributed by atoms with E-state index in [1.54, 1.807) is 0 Å². The lowest BCUT2D eigenvalue weighted by molar-refractivity contribution is -0.132. The predicted molar refractivity (Wildman–Crippen MR) is 103 cm³/mol. The number of rotatable bonds is 6. The Labute approximate surface area is 156 Å². The van der Waals surface area contributed by atoms with Crippen molar-refractivity contribution in [2.24, 2.45) is 5.92 Å². The highest BCUT2D eigenvalue weighted by Crippen LogP contribution is 2.24. The number of piperidine rings is 1. The van der Waals surface area contributed by atoms with Crippen LogP contribution in [0.15, 0.2) is 11.4 Å². The summed E-state index contributed by atoms with van der Waals surface area (Å²) in [5, 5.41) is 5.39. The summed E-state index contributed by atoms with van der Waals surface area (Å²) in [6.07, 6.45) is 5.59. The first kappa shape index (κ1) is 19.7. The van der Waals surface area contributed by atoms with Gasteiger partial charge >= 0.3 is 0 Å². The molecule has 1 N–H and O–H groups in total. The van der Waals surface area contributed by atoms with Crippen molar-refractivity contribution in [3.8, 4) is 0 Å². The number of nitrogens with one attached hydrogen (secondary N) is 1. The van der Waals surface area contributed by atoms with E-state index >= 15 is 0 Å². The molecule has 2 aliphatic rings. The average molecular weight is 372 g/mol. The van der Waals surface area contributed by atoms with Gasteiger partial charge in [-0.2, -0.15) is 0 Å². The van der Waals surface area contributed by atoms with Gasteiger partial charge in [0, 0.05) is 30.9 Å². The number of thiophene rings is 1. The van der Waals surface area contributed by atoms with Gasteiger partial charge in [0.05, 0.1) is 0 Å². The molecule has 0 aliphatic carbocycles. The number of hydrogen-bond acceptors (Lipinski definition) is 4. The molecule has 1 fully saturated rings. The first-order valence-electron chi connectivity index (χ1n) is 8.96. The number of likely N-dealkylation sites (tertiary alicyclic amines) is 1. The molecule has 2 aliphatic heterocycles. The highest BCUT2D eigenvalue weighted by atomic mass is 35.5. The van der Waals surface area contributed by atoms with Crippen molar-refractivity contribution in [1.82, 2.24) is 15.1 Å². The number of amides is 1. The maximum Gasteiger partial charge on any atom is 0.224 e. The number of carbonyl (C=O) groups is 1. The van der Waals surface area contributed by atoms with Gasteiger partial charge in [-0.05, 0) is 75.3 Å². The van der Waals surface area contributed by atoms with Crippen molar-refractivity contribution < 1.29 is 4.79 Å². The zero-order chi connectivity index (χ0) is 16.1. The third kappa shape index (κ3) is 5.19. The summed E-state index contributed by atoms with van der Waals surface area (Å²) in [5.74, 6) is 1.20. The van der Waals surface area contributed by atoms with Gasteiger partial charge in [-0.15, -0.1) is 23.7 Å². The van der Waals surface area contributed by atoms with Crippen molar-refractivity contribution in [3.63, 3.8) is 0 Å². The maximum atomic E-state index is 12.5. The largest absolute Gasteiger partial charge is 0.338 e. The van der Waals surface area contributed by atoms with Gasteiger partial charge in [-0.25, -0.2) is 0 Å². The molecule has 1 amide bonds. The van der Waals surface area contributed by atoms with Crippen LogP contribution in [0.3, 0.4) is 0 Å². The second-order valence-electron chi connectivity index (χ2n) is 6.86. The van der Waals surface area contributed by atoms with Gasteiger partial charge in [0.2, 0.25) is 5.91 Å². The van der Waals surface area contributed by atoms with Crippen LogP contribution in [0.25, 0.3) is 0 Å². The lowest BCUT2D eigenvalue weighted by Crippen LogP contribution is -2.40. The van der Waals surface area contributed by atoms with Crippen LogP contribution in [0.4, 0.5) is 0 Å². The van der Waals surface area contributed by atoms with Gasteiger partial charge < -0.3 is 15.1 Å². The van der Waals surface area contributed by atoms with Crippen molar-refractivity contribution in [1.29, 1.82) is 0 Å². The predicted octanol–water partition coefficient (Wildman–Crippen LogP) is 2.77. The Bertz CT molecular complexity index is 514. The molecule has 0 radical (unpaired) electrons. The quantitative estimate of drug-likeness (QED) is 0.835. The van der Waals surface area contributed by atoms with E-state index in [2.05, 4.69) is 26.6 Å².